The molecule has 66 valence electrons. The number of alkyl halides is 4. The minimum absolute atomic E-state index is 0.302. The molecule has 1 aliphatic rings. The van der Waals surface area contributed by atoms with Crippen LogP contribution in [0.2, 0.25) is 0 Å². The van der Waals surface area contributed by atoms with Gasteiger partial charge in [0.2, 0.25) is 0 Å². The number of hydrogen-bond acceptors (Lipinski definition) is 1. The fraction of sp³-hybridized carbons (Fsp3) is 1.00. The maximum Gasteiger partial charge on any atom is 0.335 e. The Morgan fingerprint density at radius 1 is 1.27 bits per heavy atom. The van der Waals surface area contributed by atoms with Crippen LogP contribution in [0.25, 0.3) is 0 Å². The molecular formula is C6H8F4O. The van der Waals surface area contributed by atoms with Gasteiger partial charge in [-0.05, 0) is 6.92 Å². The summed E-state index contributed by atoms with van der Waals surface area (Å²) in [6, 6.07) is 0. The molecule has 0 spiro atoms. The van der Waals surface area contributed by atoms with E-state index >= 15 is 0 Å². The predicted molar refractivity (Wildman–Crippen MR) is 29.9 cm³/mol. The zero-order valence-electron chi connectivity index (χ0n) is 5.91. The van der Waals surface area contributed by atoms with Crippen molar-refractivity contribution in [1.29, 1.82) is 0 Å². The molecule has 0 amide bonds. The fourth-order valence-corrected chi connectivity index (χ4v) is 0.933. The van der Waals surface area contributed by atoms with Gasteiger partial charge >= 0.3 is 11.8 Å². The second kappa shape index (κ2) is 2.33. The van der Waals surface area contributed by atoms with E-state index in [4.69, 9.17) is 0 Å². The Morgan fingerprint density at radius 3 is 2.18 bits per heavy atom. The molecule has 0 aromatic rings. The summed E-state index contributed by atoms with van der Waals surface area (Å²) in [5.41, 5.74) is 0. The molecule has 11 heavy (non-hydrogen) atoms. The Bertz CT molecular complexity index is 157. The van der Waals surface area contributed by atoms with Crippen LogP contribution in [0.4, 0.5) is 17.6 Å². The van der Waals surface area contributed by atoms with Crippen LogP contribution in [0.5, 0.6) is 0 Å². The minimum atomic E-state index is -4.02. The normalized spacial score (nSPS) is 35.2. The van der Waals surface area contributed by atoms with E-state index in [1.165, 1.54) is 0 Å². The van der Waals surface area contributed by atoms with Gasteiger partial charge in [-0.15, -0.1) is 0 Å². The second-order valence-corrected chi connectivity index (χ2v) is 2.59. The van der Waals surface area contributed by atoms with Gasteiger partial charge < -0.3 is 4.74 Å². The van der Waals surface area contributed by atoms with Crippen molar-refractivity contribution in [2.45, 2.75) is 31.3 Å². The summed E-state index contributed by atoms with van der Waals surface area (Å²) in [6.45, 7) is 0.650. The van der Waals surface area contributed by atoms with Gasteiger partial charge in [0.05, 0.1) is 6.61 Å². The van der Waals surface area contributed by atoms with E-state index in [0.717, 1.165) is 6.92 Å². The minimum Gasteiger partial charge on any atom is -0.372 e. The molecule has 0 aliphatic carbocycles. The molecule has 1 rings (SSSR count). The van der Waals surface area contributed by atoms with Crippen molar-refractivity contribution < 1.29 is 22.3 Å². The largest absolute Gasteiger partial charge is 0.372 e. The maximum absolute atomic E-state index is 12.5. The van der Waals surface area contributed by atoms with Gasteiger partial charge in [0, 0.05) is 6.42 Å². The van der Waals surface area contributed by atoms with Crippen molar-refractivity contribution in [2.75, 3.05) is 6.61 Å². The average molecular weight is 172 g/mol. The van der Waals surface area contributed by atoms with E-state index in [1.807, 2.05) is 0 Å². The van der Waals surface area contributed by atoms with Crippen LogP contribution in [0, 0.1) is 0 Å². The molecule has 1 saturated heterocycles. The van der Waals surface area contributed by atoms with Crippen molar-refractivity contribution in [3.63, 3.8) is 0 Å². The third-order valence-corrected chi connectivity index (χ3v) is 1.78. The third-order valence-electron chi connectivity index (χ3n) is 1.78. The number of halogens is 4. The lowest BCUT2D eigenvalue weighted by atomic mass is 10.0. The van der Waals surface area contributed by atoms with E-state index < -0.39 is 24.4 Å². The number of hydrogen-bond donors (Lipinski definition) is 0. The van der Waals surface area contributed by atoms with Crippen LogP contribution in [0.1, 0.15) is 13.3 Å². The Hall–Kier alpha value is -0.320. The maximum atomic E-state index is 12.5. The summed E-state index contributed by atoms with van der Waals surface area (Å²) in [7, 11) is 0. The first-order valence-electron chi connectivity index (χ1n) is 3.25. The van der Waals surface area contributed by atoms with Gasteiger partial charge in [0.1, 0.15) is 6.10 Å². The molecule has 1 nitrogen and oxygen atoms in total. The summed E-state index contributed by atoms with van der Waals surface area (Å²) >= 11 is 0. The summed E-state index contributed by atoms with van der Waals surface area (Å²) < 4.78 is 54.2. The molecule has 0 saturated carbocycles. The number of rotatable bonds is 0. The number of ether oxygens (including phenoxy) is 1. The highest BCUT2D eigenvalue weighted by atomic mass is 19.3. The Balaban J connectivity index is 2.82. The molecule has 0 aromatic heterocycles. The standard InChI is InChI=1S/C6H8F4O/c1-4-6(9,10)5(7,8)2-3-11-4/h4H,2-3H2,1H3. The van der Waals surface area contributed by atoms with Crippen molar-refractivity contribution in [1.82, 2.24) is 0 Å². The van der Waals surface area contributed by atoms with E-state index in [1.54, 1.807) is 0 Å². The first-order chi connectivity index (χ1) is 4.88. The van der Waals surface area contributed by atoms with Gasteiger partial charge in [0.25, 0.3) is 0 Å². The summed E-state index contributed by atoms with van der Waals surface area (Å²) in [4.78, 5) is 0. The highest BCUT2D eigenvalue weighted by Crippen LogP contribution is 2.43. The van der Waals surface area contributed by atoms with Gasteiger partial charge in [0.15, 0.2) is 0 Å². The van der Waals surface area contributed by atoms with Crippen molar-refractivity contribution in [3.05, 3.63) is 0 Å². The molecule has 1 unspecified atom stereocenters. The lowest BCUT2D eigenvalue weighted by Gasteiger charge is -2.35. The first-order valence-corrected chi connectivity index (χ1v) is 3.25. The Kier molecular flexibility index (Phi) is 1.86. The van der Waals surface area contributed by atoms with E-state index in [9.17, 15) is 17.6 Å². The van der Waals surface area contributed by atoms with Crippen LogP contribution < -0.4 is 0 Å². The van der Waals surface area contributed by atoms with Gasteiger partial charge in [-0.25, -0.2) is 0 Å². The zero-order chi connectivity index (χ0) is 8.70. The van der Waals surface area contributed by atoms with E-state index in [0.29, 0.717) is 0 Å². The van der Waals surface area contributed by atoms with Crippen molar-refractivity contribution in [3.8, 4) is 0 Å². The monoisotopic (exact) mass is 172 g/mol. The highest BCUT2D eigenvalue weighted by Gasteiger charge is 2.62. The zero-order valence-corrected chi connectivity index (χ0v) is 5.91. The predicted octanol–water partition coefficient (Wildman–Crippen LogP) is 2.07. The fourth-order valence-electron chi connectivity index (χ4n) is 0.933. The van der Waals surface area contributed by atoms with E-state index in [-0.39, 0.29) is 6.61 Å². The van der Waals surface area contributed by atoms with Crippen LogP contribution in [-0.2, 0) is 4.74 Å². The molecule has 1 heterocycles. The van der Waals surface area contributed by atoms with Crippen LogP contribution in [0.15, 0.2) is 0 Å². The lowest BCUT2D eigenvalue weighted by Crippen LogP contribution is -2.53. The molecule has 0 radical (unpaired) electrons. The highest BCUT2D eigenvalue weighted by molar-refractivity contribution is 4.92. The SMILES string of the molecule is CC1OCCC(F)(F)C1(F)F. The molecule has 1 fully saturated rings. The molecule has 1 aliphatic heterocycles. The average Bonchev–Trinajstić information content (AvgIpc) is 1.84. The molecule has 0 N–H and O–H groups in total. The van der Waals surface area contributed by atoms with Crippen LogP contribution >= 0.6 is 0 Å². The summed E-state index contributed by atoms with van der Waals surface area (Å²) in [5, 5.41) is 0. The molecule has 1 atom stereocenters. The molecule has 0 aromatic carbocycles. The van der Waals surface area contributed by atoms with Crippen LogP contribution in [0.3, 0.4) is 0 Å². The topological polar surface area (TPSA) is 9.23 Å². The molecule has 0 bridgehead atoms. The quantitative estimate of drug-likeness (QED) is 0.508. The Labute approximate surface area is 61.3 Å². The van der Waals surface area contributed by atoms with Crippen molar-refractivity contribution in [2.24, 2.45) is 0 Å². The van der Waals surface area contributed by atoms with Crippen LogP contribution in [-0.4, -0.2) is 24.6 Å². The van der Waals surface area contributed by atoms with Crippen molar-refractivity contribution >= 4 is 0 Å². The third kappa shape index (κ3) is 1.21. The lowest BCUT2D eigenvalue weighted by molar-refractivity contribution is -0.292. The van der Waals surface area contributed by atoms with Gasteiger partial charge in [-0.2, -0.15) is 17.6 Å². The molecule has 5 heteroatoms. The second-order valence-electron chi connectivity index (χ2n) is 2.59. The first kappa shape index (κ1) is 8.77. The smallest absolute Gasteiger partial charge is 0.335 e. The summed E-state index contributed by atoms with van der Waals surface area (Å²) in [6.07, 6.45) is -2.59. The molecular weight excluding hydrogens is 164 g/mol. The van der Waals surface area contributed by atoms with Gasteiger partial charge in [-0.1, -0.05) is 0 Å². The van der Waals surface area contributed by atoms with Gasteiger partial charge in [-0.3, -0.25) is 0 Å². The summed E-state index contributed by atoms with van der Waals surface area (Å²) in [5.74, 6) is -7.93. The Morgan fingerprint density at radius 2 is 1.82 bits per heavy atom. The van der Waals surface area contributed by atoms with E-state index in [2.05, 4.69) is 4.74 Å².